The van der Waals surface area contributed by atoms with Crippen LogP contribution in [0.25, 0.3) is 0 Å². The Labute approximate surface area is 128 Å². The van der Waals surface area contributed by atoms with Crippen LogP contribution >= 0.6 is 0 Å². The lowest BCUT2D eigenvalue weighted by Crippen LogP contribution is -2.21. The molecule has 0 aromatic carbocycles. The van der Waals surface area contributed by atoms with Crippen molar-refractivity contribution in [3.63, 3.8) is 0 Å². The van der Waals surface area contributed by atoms with Crippen LogP contribution in [-0.2, 0) is 16.6 Å². The molecule has 0 aliphatic carbocycles. The second-order valence-corrected chi connectivity index (χ2v) is 8.13. The molecule has 0 aliphatic rings. The van der Waals surface area contributed by atoms with E-state index in [1.807, 2.05) is 39.1 Å². The standard InChI is InChI=1S/C18H29NO2/c1-17(2,3)11-16(21)10-15(20)9-14-8-7-13(12-19-14)18(4,5)6/h7-8,12,15,20H,9-11H2,1-6H3. The van der Waals surface area contributed by atoms with Gasteiger partial charge in [0.1, 0.15) is 5.78 Å². The van der Waals surface area contributed by atoms with Gasteiger partial charge in [0, 0.05) is 31.2 Å². The number of aromatic nitrogens is 1. The Morgan fingerprint density at radius 3 is 2.24 bits per heavy atom. The Bertz CT molecular complexity index is 463. The van der Waals surface area contributed by atoms with E-state index in [4.69, 9.17) is 0 Å². The molecule has 0 amide bonds. The first-order valence-corrected chi connectivity index (χ1v) is 7.62. The highest BCUT2D eigenvalue weighted by Crippen LogP contribution is 2.22. The van der Waals surface area contributed by atoms with Crippen molar-refractivity contribution < 1.29 is 9.90 Å². The van der Waals surface area contributed by atoms with E-state index >= 15 is 0 Å². The number of carbonyl (C=O) groups excluding carboxylic acids is 1. The molecule has 0 spiro atoms. The number of Topliss-reactive ketones (excluding diaryl/α,β-unsaturated/α-hetero) is 1. The van der Waals surface area contributed by atoms with Crippen molar-refractivity contribution in [1.29, 1.82) is 0 Å². The third kappa shape index (κ3) is 6.85. The van der Waals surface area contributed by atoms with Gasteiger partial charge in [-0.3, -0.25) is 9.78 Å². The Kier molecular flexibility index (Phi) is 5.68. The van der Waals surface area contributed by atoms with Gasteiger partial charge in [0.15, 0.2) is 0 Å². The van der Waals surface area contributed by atoms with Gasteiger partial charge in [0.2, 0.25) is 0 Å². The quantitative estimate of drug-likeness (QED) is 0.900. The summed E-state index contributed by atoms with van der Waals surface area (Å²) in [5, 5.41) is 10.0. The molecule has 0 bridgehead atoms. The lowest BCUT2D eigenvalue weighted by atomic mass is 9.87. The summed E-state index contributed by atoms with van der Waals surface area (Å²) in [6.07, 6.45) is 2.35. The minimum absolute atomic E-state index is 0.0244. The highest BCUT2D eigenvalue weighted by atomic mass is 16.3. The van der Waals surface area contributed by atoms with Crippen LogP contribution in [-0.4, -0.2) is 22.0 Å². The predicted molar refractivity (Wildman–Crippen MR) is 86.3 cm³/mol. The molecule has 0 saturated heterocycles. The van der Waals surface area contributed by atoms with E-state index in [2.05, 4.69) is 25.8 Å². The smallest absolute Gasteiger partial charge is 0.136 e. The Morgan fingerprint density at radius 1 is 1.19 bits per heavy atom. The van der Waals surface area contributed by atoms with Gasteiger partial charge < -0.3 is 5.11 Å². The Morgan fingerprint density at radius 2 is 1.81 bits per heavy atom. The van der Waals surface area contributed by atoms with Crippen molar-refractivity contribution in [2.45, 2.75) is 72.3 Å². The number of hydrogen-bond donors (Lipinski definition) is 1. The zero-order chi connectivity index (χ0) is 16.3. The molecule has 1 unspecified atom stereocenters. The molecule has 1 heterocycles. The molecule has 0 radical (unpaired) electrons. The maximum atomic E-state index is 11.9. The number of nitrogens with zero attached hydrogens (tertiary/aromatic N) is 1. The number of carbonyl (C=O) groups is 1. The van der Waals surface area contributed by atoms with E-state index in [1.54, 1.807) is 0 Å². The number of aliphatic hydroxyl groups excluding tert-OH is 1. The average molecular weight is 291 g/mol. The fourth-order valence-electron chi connectivity index (χ4n) is 2.23. The number of rotatable bonds is 5. The maximum absolute atomic E-state index is 11.9. The molecule has 1 N–H and O–H groups in total. The molecule has 0 aliphatic heterocycles. The highest BCUT2D eigenvalue weighted by molar-refractivity contribution is 5.79. The number of pyridine rings is 1. The Hall–Kier alpha value is -1.22. The monoisotopic (exact) mass is 291 g/mol. The summed E-state index contributed by atoms with van der Waals surface area (Å²) < 4.78 is 0. The number of ketones is 1. The molecule has 3 heteroatoms. The minimum atomic E-state index is -0.646. The lowest BCUT2D eigenvalue weighted by molar-refractivity contribution is -0.122. The molecule has 1 aromatic rings. The van der Waals surface area contributed by atoms with Crippen LogP contribution in [0.3, 0.4) is 0 Å². The predicted octanol–water partition coefficient (Wildman–Crippen LogP) is 3.68. The maximum Gasteiger partial charge on any atom is 0.136 e. The second-order valence-electron chi connectivity index (χ2n) is 8.13. The Balaban J connectivity index is 2.55. The van der Waals surface area contributed by atoms with E-state index < -0.39 is 6.10 Å². The summed E-state index contributed by atoms with van der Waals surface area (Å²) in [7, 11) is 0. The van der Waals surface area contributed by atoms with Gasteiger partial charge in [-0.15, -0.1) is 0 Å². The van der Waals surface area contributed by atoms with Gasteiger partial charge in [0.25, 0.3) is 0 Å². The van der Waals surface area contributed by atoms with Crippen LogP contribution in [0.5, 0.6) is 0 Å². The first-order chi connectivity index (χ1) is 9.47. The molecular formula is C18H29NO2. The van der Waals surface area contributed by atoms with E-state index in [9.17, 15) is 9.90 Å². The van der Waals surface area contributed by atoms with E-state index in [0.29, 0.717) is 12.8 Å². The SMILES string of the molecule is CC(C)(C)CC(=O)CC(O)Cc1ccc(C(C)(C)C)cn1. The minimum Gasteiger partial charge on any atom is -0.392 e. The lowest BCUT2D eigenvalue weighted by Gasteiger charge is -2.19. The van der Waals surface area contributed by atoms with Crippen LogP contribution in [0.15, 0.2) is 18.3 Å². The summed E-state index contributed by atoms with van der Waals surface area (Å²) in [6, 6.07) is 3.99. The summed E-state index contributed by atoms with van der Waals surface area (Å²) in [5.41, 5.74) is 2.06. The van der Waals surface area contributed by atoms with E-state index in [-0.39, 0.29) is 23.0 Å². The molecule has 3 nitrogen and oxygen atoms in total. The highest BCUT2D eigenvalue weighted by Gasteiger charge is 2.19. The van der Waals surface area contributed by atoms with Crippen LogP contribution in [0.4, 0.5) is 0 Å². The fraction of sp³-hybridized carbons (Fsp3) is 0.667. The van der Waals surface area contributed by atoms with Crippen LogP contribution in [0.2, 0.25) is 0 Å². The normalized spacial score (nSPS) is 14.0. The number of hydrogen-bond acceptors (Lipinski definition) is 3. The molecule has 0 saturated carbocycles. The van der Waals surface area contributed by atoms with Gasteiger partial charge in [-0.2, -0.15) is 0 Å². The molecule has 118 valence electrons. The van der Waals surface area contributed by atoms with Gasteiger partial charge in [-0.25, -0.2) is 0 Å². The van der Waals surface area contributed by atoms with Crippen LogP contribution < -0.4 is 0 Å². The second kappa shape index (κ2) is 6.69. The molecule has 21 heavy (non-hydrogen) atoms. The first-order valence-electron chi connectivity index (χ1n) is 7.62. The molecule has 1 atom stereocenters. The first kappa shape index (κ1) is 17.8. The molecule has 1 rings (SSSR count). The summed E-state index contributed by atoms with van der Waals surface area (Å²) in [4.78, 5) is 16.3. The van der Waals surface area contributed by atoms with Crippen molar-refractivity contribution >= 4 is 5.78 Å². The summed E-state index contributed by atoms with van der Waals surface area (Å²) >= 11 is 0. The van der Waals surface area contributed by atoms with Crippen LogP contribution in [0.1, 0.15) is 65.6 Å². The fourth-order valence-corrected chi connectivity index (χ4v) is 2.23. The topological polar surface area (TPSA) is 50.2 Å². The van der Waals surface area contributed by atoms with Crippen molar-refractivity contribution in [2.24, 2.45) is 5.41 Å². The molecule has 0 fully saturated rings. The van der Waals surface area contributed by atoms with Crippen molar-refractivity contribution in [3.05, 3.63) is 29.6 Å². The zero-order valence-corrected chi connectivity index (χ0v) is 14.2. The zero-order valence-electron chi connectivity index (χ0n) is 14.2. The number of aliphatic hydroxyl groups is 1. The van der Waals surface area contributed by atoms with Gasteiger partial charge in [-0.1, -0.05) is 47.6 Å². The van der Waals surface area contributed by atoms with Gasteiger partial charge in [-0.05, 0) is 22.5 Å². The van der Waals surface area contributed by atoms with Crippen LogP contribution in [0, 0.1) is 5.41 Å². The molecular weight excluding hydrogens is 262 g/mol. The van der Waals surface area contributed by atoms with Crippen molar-refractivity contribution in [1.82, 2.24) is 4.98 Å². The van der Waals surface area contributed by atoms with Crippen molar-refractivity contribution in [3.8, 4) is 0 Å². The molecule has 1 aromatic heterocycles. The van der Waals surface area contributed by atoms with E-state index in [0.717, 1.165) is 5.69 Å². The van der Waals surface area contributed by atoms with Gasteiger partial charge in [0.05, 0.1) is 6.10 Å². The van der Waals surface area contributed by atoms with Gasteiger partial charge >= 0.3 is 0 Å². The third-order valence-electron chi connectivity index (χ3n) is 3.33. The largest absolute Gasteiger partial charge is 0.392 e. The summed E-state index contributed by atoms with van der Waals surface area (Å²) in [6.45, 7) is 12.5. The van der Waals surface area contributed by atoms with E-state index in [1.165, 1.54) is 5.56 Å². The summed E-state index contributed by atoms with van der Waals surface area (Å²) in [5.74, 6) is 0.112. The average Bonchev–Trinajstić information content (AvgIpc) is 2.25. The third-order valence-corrected chi connectivity index (χ3v) is 3.33. The van der Waals surface area contributed by atoms with Crippen molar-refractivity contribution in [2.75, 3.05) is 0 Å².